The highest BCUT2D eigenvalue weighted by Crippen LogP contribution is 2.45. The van der Waals surface area contributed by atoms with E-state index in [9.17, 15) is 19.5 Å². The maximum absolute atomic E-state index is 13.3. The zero-order chi connectivity index (χ0) is 32.7. The van der Waals surface area contributed by atoms with E-state index in [1.807, 2.05) is 76.2 Å². The number of nitrogens with zero attached hydrogens (tertiary/aromatic N) is 1. The molecule has 3 atom stereocenters. The molecule has 1 heterocycles. The van der Waals surface area contributed by atoms with Crippen molar-refractivity contribution in [3.8, 4) is 11.1 Å². The van der Waals surface area contributed by atoms with Gasteiger partial charge in [-0.3, -0.25) is 9.59 Å². The number of hydrogen-bond donors (Lipinski definition) is 3. The summed E-state index contributed by atoms with van der Waals surface area (Å²) in [6.45, 7) is 13.2. The van der Waals surface area contributed by atoms with Crippen LogP contribution in [0.3, 0.4) is 0 Å². The van der Waals surface area contributed by atoms with Gasteiger partial charge in [0.15, 0.2) is 0 Å². The third-order valence-electron chi connectivity index (χ3n) is 9.67. The summed E-state index contributed by atoms with van der Waals surface area (Å²) in [5, 5.41) is 15.8. The second kappa shape index (κ2) is 12.3. The number of nitrogens with one attached hydrogen (secondary N) is 2. The topological polar surface area (TPSA) is 117 Å². The minimum absolute atomic E-state index is 0.146. The van der Waals surface area contributed by atoms with E-state index in [0.29, 0.717) is 5.69 Å². The summed E-state index contributed by atoms with van der Waals surface area (Å²) >= 11 is 0. The van der Waals surface area contributed by atoms with Crippen LogP contribution in [0.4, 0.5) is 10.5 Å². The zero-order valence-corrected chi connectivity index (χ0v) is 27.0. The summed E-state index contributed by atoms with van der Waals surface area (Å²) < 4.78 is 12.2. The lowest BCUT2D eigenvalue weighted by atomic mass is 9.79. The van der Waals surface area contributed by atoms with Gasteiger partial charge in [0.1, 0.15) is 6.04 Å². The van der Waals surface area contributed by atoms with Crippen molar-refractivity contribution in [3.63, 3.8) is 0 Å². The van der Waals surface area contributed by atoms with Gasteiger partial charge in [0.2, 0.25) is 11.8 Å². The van der Waals surface area contributed by atoms with Crippen molar-refractivity contribution >= 4 is 36.2 Å². The molecule has 2 aliphatic rings. The van der Waals surface area contributed by atoms with Crippen molar-refractivity contribution in [2.75, 3.05) is 11.9 Å². The highest BCUT2D eigenvalue weighted by molar-refractivity contribution is 6.62. The lowest BCUT2D eigenvalue weighted by Gasteiger charge is -2.33. The Bertz CT molecular complexity index is 1530. The van der Waals surface area contributed by atoms with Gasteiger partial charge in [-0.15, -0.1) is 0 Å². The van der Waals surface area contributed by atoms with Crippen molar-refractivity contribution < 1.29 is 28.8 Å². The van der Waals surface area contributed by atoms with Crippen molar-refractivity contribution in [2.24, 2.45) is 5.92 Å². The van der Waals surface area contributed by atoms with Gasteiger partial charge in [-0.2, -0.15) is 0 Å². The summed E-state index contributed by atoms with van der Waals surface area (Å²) in [6, 6.07) is 21.8. The minimum atomic E-state index is -1.10. The number of rotatable bonds is 9. The van der Waals surface area contributed by atoms with Crippen molar-refractivity contribution in [1.29, 1.82) is 0 Å². The fraction of sp³-hybridized carbons (Fsp3) is 0.400. The normalized spacial score (nSPS) is 18.3. The molecular weight excluding hydrogens is 569 g/mol. The molecule has 0 spiro atoms. The zero-order valence-electron chi connectivity index (χ0n) is 27.0. The van der Waals surface area contributed by atoms with E-state index < -0.39 is 48.3 Å². The Labute approximate surface area is 265 Å². The van der Waals surface area contributed by atoms with Gasteiger partial charge in [-0.05, 0) is 81.4 Å². The second-order valence-corrected chi connectivity index (χ2v) is 13.1. The minimum Gasteiger partial charge on any atom is -0.465 e. The van der Waals surface area contributed by atoms with Gasteiger partial charge in [0.05, 0.1) is 17.1 Å². The number of hydrogen-bond acceptors (Lipinski definition) is 5. The monoisotopic (exact) mass is 611 g/mol. The predicted molar refractivity (Wildman–Crippen MR) is 175 cm³/mol. The molecule has 1 saturated heterocycles. The lowest BCUT2D eigenvalue weighted by molar-refractivity contribution is -0.129. The number of carboxylic acid groups (broad SMARTS) is 1. The second-order valence-electron chi connectivity index (χ2n) is 13.1. The molecule has 0 radical (unpaired) electrons. The van der Waals surface area contributed by atoms with Crippen LogP contribution >= 0.6 is 0 Å². The average Bonchev–Trinajstić information content (AvgIpc) is 3.43. The molecule has 1 aliphatic carbocycles. The molecule has 3 aromatic carbocycles. The fourth-order valence-corrected chi connectivity index (χ4v) is 5.92. The van der Waals surface area contributed by atoms with Crippen molar-refractivity contribution in [2.45, 2.75) is 77.7 Å². The van der Waals surface area contributed by atoms with Crippen LogP contribution < -0.4 is 16.1 Å². The average molecular weight is 612 g/mol. The molecule has 1 fully saturated rings. The quantitative estimate of drug-likeness (QED) is 0.285. The maximum Gasteiger partial charge on any atom is 0.494 e. The number of carbonyl (C=O) groups is 3. The van der Waals surface area contributed by atoms with Gasteiger partial charge in [-0.25, -0.2) is 4.79 Å². The first-order valence-corrected chi connectivity index (χ1v) is 15.4. The molecule has 3 aromatic rings. The number of anilines is 1. The number of fused-ring (bicyclic) bond motifs is 3. The van der Waals surface area contributed by atoms with Gasteiger partial charge in [0.25, 0.3) is 0 Å². The molecule has 9 nitrogen and oxygen atoms in total. The number of amides is 3. The van der Waals surface area contributed by atoms with Crippen LogP contribution in [0, 0.1) is 5.92 Å². The molecule has 45 heavy (non-hydrogen) atoms. The van der Waals surface area contributed by atoms with E-state index in [2.05, 4.69) is 22.8 Å². The molecule has 0 aromatic heterocycles. The van der Waals surface area contributed by atoms with Gasteiger partial charge < -0.3 is 29.9 Å². The smallest absolute Gasteiger partial charge is 0.465 e. The van der Waals surface area contributed by atoms with Crippen molar-refractivity contribution in [1.82, 2.24) is 10.2 Å². The molecule has 0 bridgehead atoms. The fourth-order valence-electron chi connectivity index (χ4n) is 5.92. The Morgan fingerprint density at radius 2 is 1.33 bits per heavy atom. The molecule has 0 saturated carbocycles. The SMILES string of the molecule is CC(NC(=O)[C@@H](C)C(C)N(CC1c2ccccc2-c2ccccc21)C(=O)O)C(=O)Nc1ccc(B2OC(C)(C)C(C)(C)O2)cc1. The number of benzene rings is 3. The summed E-state index contributed by atoms with van der Waals surface area (Å²) in [6.07, 6.45) is -1.10. The standard InChI is InChI=1S/C35H42BN3O6/c1-21(23(3)39(33(42)43)20-30-28-14-10-8-12-26(28)27-13-9-11-15-29(27)30)31(40)37-22(2)32(41)38-25-18-16-24(17-19-25)36-44-34(4,5)35(6,7)45-36/h8-19,21-23,30H,20H2,1-7H3,(H,37,40)(H,38,41)(H,42,43)/t21-,22?,23?/m0/s1. The summed E-state index contributed by atoms with van der Waals surface area (Å²) in [5.41, 5.74) is 4.84. The Hall–Kier alpha value is -4.15. The van der Waals surface area contributed by atoms with Crippen LogP contribution in [0.2, 0.25) is 0 Å². The Kier molecular flexibility index (Phi) is 8.84. The summed E-state index contributed by atoms with van der Waals surface area (Å²) in [5.74, 6) is -1.64. The van der Waals surface area contributed by atoms with E-state index in [1.54, 1.807) is 32.9 Å². The van der Waals surface area contributed by atoms with E-state index in [-0.39, 0.29) is 18.4 Å². The lowest BCUT2D eigenvalue weighted by Crippen LogP contribution is -2.50. The molecule has 3 amide bonds. The predicted octanol–water partition coefficient (Wildman–Crippen LogP) is 5.25. The molecule has 2 unspecified atom stereocenters. The first-order chi connectivity index (χ1) is 21.2. The highest BCUT2D eigenvalue weighted by atomic mass is 16.7. The Balaban J connectivity index is 1.19. The van der Waals surface area contributed by atoms with Crippen LogP contribution in [0.1, 0.15) is 65.5 Å². The molecule has 1 aliphatic heterocycles. The van der Waals surface area contributed by atoms with Gasteiger partial charge in [-0.1, -0.05) is 67.6 Å². The molecule has 10 heteroatoms. The first-order valence-electron chi connectivity index (χ1n) is 15.4. The van der Waals surface area contributed by atoms with Crippen LogP contribution in [-0.4, -0.2) is 64.9 Å². The first kappa shape index (κ1) is 32.3. The summed E-state index contributed by atoms with van der Waals surface area (Å²) in [4.78, 5) is 40.1. The molecule has 236 valence electrons. The van der Waals surface area contributed by atoms with Gasteiger partial charge in [0, 0.05) is 24.2 Å². The third-order valence-corrected chi connectivity index (χ3v) is 9.67. The van der Waals surface area contributed by atoms with Crippen molar-refractivity contribution in [3.05, 3.63) is 83.9 Å². The Morgan fingerprint density at radius 1 is 0.822 bits per heavy atom. The third kappa shape index (κ3) is 6.35. The van der Waals surface area contributed by atoms with Crippen LogP contribution in [0.5, 0.6) is 0 Å². The van der Waals surface area contributed by atoms with Crippen LogP contribution in [-0.2, 0) is 18.9 Å². The number of carbonyl (C=O) groups excluding carboxylic acids is 2. The summed E-state index contributed by atoms with van der Waals surface area (Å²) in [7, 11) is -0.509. The van der Waals surface area contributed by atoms with E-state index in [0.717, 1.165) is 27.7 Å². The molecule has 5 rings (SSSR count). The van der Waals surface area contributed by atoms with Gasteiger partial charge >= 0.3 is 13.2 Å². The van der Waals surface area contributed by atoms with Crippen LogP contribution in [0.25, 0.3) is 11.1 Å². The molecule has 3 N–H and O–H groups in total. The van der Waals surface area contributed by atoms with Crippen LogP contribution in [0.15, 0.2) is 72.8 Å². The largest absolute Gasteiger partial charge is 0.494 e. The van der Waals surface area contributed by atoms with E-state index >= 15 is 0 Å². The Morgan fingerprint density at radius 3 is 1.84 bits per heavy atom. The maximum atomic E-state index is 13.3. The highest BCUT2D eigenvalue weighted by Gasteiger charge is 2.51. The molecular formula is C35H42BN3O6. The van der Waals surface area contributed by atoms with E-state index in [4.69, 9.17) is 9.31 Å². The van der Waals surface area contributed by atoms with E-state index in [1.165, 1.54) is 4.90 Å².